The molecule has 3 aromatic rings. The zero-order chi connectivity index (χ0) is 20.9. The van der Waals surface area contributed by atoms with Crippen LogP contribution in [0.25, 0.3) is 0 Å². The molecule has 0 aliphatic carbocycles. The number of halogens is 1. The van der Waals surface area contributed by atoms with Crippen molar-refractivity contribution in [3.05, 3.63) is 99.1 Å². The maximum absolute atomic E-state index is 13.1. The molecule has 6 heteroatoms. The van der Waals surface area contributed by atoms with Crippen LogP contribution < -0.4 is 5.32 Å². The highest BCUT2D eigenvalue weighted by Crippen LogP contribution is 2.25. The molecular weight excluding hydrogens is 491 g/mol. The maximum Gasteiger partial charge on any atom is 0.411 e. The molecular formula is C24H21IN2O3. The molecule has 1 aliphatic rings. The van der Waals surface area contributed by atoms with Crippen molar-refractivity contribution in [2.45, 2.75) is 25.6 Å². The standard InChI is InChI=1S/C24H21IN2O3/c25-20-10-12-21(13-11-20)26-23(28)22-14-18-8-4-5-9-19(18)15-27(22)24(29)30-16-17-6-2-1-3-7-17/h1-13,22H,14-16H2,(H,26,28). The molecule has 2 amide bonds. The summed E-state index contributed by atoms with van der Waals surface area (Å²) in [6.07, 6.45) is -0.0385. The van der Waals surface area contributed by atoms with E-state index >= 15 is 0 Å². The third-order valence-corrected chi connectivity index (χ3v) is 5.82. The summed E-state index contributed by atoms with van der Waals surface area (Å²) < 4.78 is 6.62. The van der Waals surface area contributed by atoms with Crippen LogP contribution in [0.4, 0.5) is 10.5 Å². The molecule has 3 aromatic carbocycles. The van der Waals surface area contributed by atoms with Gasteiger partial charge in [-0.15, -0.1) is 0 Å². The molecule has 4 rings (SSSR count). The van der Waals surface area contributed by atoms with E-state index in [9.17, 15) is 9.59 Å². The number of hydrogen-bond donors (Lipinski definition) is 1. The Balaban J connectivity index is 1.52. The van der Waals surface area contributed by atoms with E-state index in [1.165, 1.54) is 4.90 Å². The van der Waals surface area contributed by atoms with Crippen molar-refractivity contribution >= 4 is 40.3 Å². The highest BCUT2D eigenvalue weighted by atomic mass is 127. The first-order valence-corrected chi connectivity index (χ1v) is 10.8. The Morgan fingerprint density at radius 2 is 1.60 bits per heavy atom. The highest BCUT2D eigenvalue weighted by Gasteiger charge is 2.35. The Hall–Kier alpha value is -2.87. The molecule has 0 saturated heterocycles. The summed E-state index contributed by atoms with van der Waals surface area (Å²) in [6, 6.07) is 24.3. The Labute approximate surface area is 189 Å². The van der Waals surface area contributed by atoms with Crippen molar-refractivity contribution in [2.24, 2.45) is 0 Å². The van der Waals surface area contributed by atoms with Gasteiger partial charge in [-0.1, -0.05) is 54.6 Å². The van der Waals surface area contributed by atoms with Crippen LogP contribution in [-0.2, 0) is 29.1 Å². The monoisotopic (exact) mass is 512 g/mol. The van der Waals surface area contributed by atoms with Crippen LogP contribution in [0.5, 0.6) is 0 Å². The molecule has 152 valence electrons. The molecule has 30 heavy (non-hydrogen) atoms. The number of anilines is 1. The fourth-order valence-corrected chi connectivity index (χ4v) is 3.87. The number of carbonyl (C=O) groups excluding carboxylic acids is 2. The van der Waals surface area contributed by atoms with Gasteiger partial charge in [0.05, 0.1) is 6.54 Å². The summed E-state index contributed by atoms with van der Waals surface area (Å²) in [4.78, 5) is 27.5. The normalized spacial score (nSPS) is 15.2. The van der Waals surface area contributed by atoms with E-state index in [4.69, 9.17) is 4.74 Å². The number of benzene rings is 3. The molecule has 5 nitrogen and oxygen atoms in total. The van der Waals surface area contributed by atoms with Crippen LogP contribution >= 0.6 is 22.6 Å². The van der Waals surface area contributed by atoms with E-state index in [0.29, 0.717) is 18.7 Å². The Morgan fingerprint density at radius 1 is 0.933 bits per heavy atom. The predicted octanol–water partition coefficient (Wildman–Crippen LogP) is 4.99. The second-order valence-corrected chi connectivity index (χ2v) is 8.40. The largest absolute Gasteiger partial charge is 0.445 e. The van der Waals surface area contributed by atoms with Gasteiger partial charge in [-0.05, 0) is 63.5 Å². The van der Waals surface area contributed by atoms with Crippen LogP contribution in [0.15, 0.2) is 78.9 Å². The van der Waals surface area contributed by atoms with Gasteiger partial charge in [-0.2, -0.15) is 0 Å². The SMILES string of the molecule is O=C(Nc1ccc(I)cc1)C1Cc2ccccc2CN1C(=O)OCc1ccccc1. The molecule has 0 radical (unpaired) electrons. The smallest absolute Gasteiger partial charge is 0.411 e. The number of nitrogens with one attached hydrogen (secondary N) is 1. The van der Waals surface area contributed by atoms with Crippen LogP contribution in [-0.4, -0.2) is 22.9 Å². The summed E-state index contributed by atoms with van der Waals surface area (Å²) in [5, 5.41) is 2.94. The van der Waals surface area contributed by atoms with E-state index in [-0.39, 0.29) is 12.5 Å². The zero-order valence-electron chi connectivity index (χ0n) is 16.3. The lowest BCUT2D eigenvalue weighted by Gasteiger charge is -2.35. The first-order chi connectivity index (χ1) is 14.6. The molecule has 0 spiro atoms. The molecule has 1 unspecified atom stereocenters. The second-order valence-electron chi connectivity index (χ2n) is 7.15. The molecule has 0 fully saturated rings. The summed E-state index contributed by atoms with van der Waals surface area (Å²) >= 11 is 2.22. The summed E-state index contributed by atoms with van der Waals surface area (Å²) in [5.41, 5.74) is 3.72. The summed E-state index contributed by atoms with van der Waals surface area (Å²) in [7, 11) is 0. The lowest BCUT2D eigenvalue weighted by Crippen LogP contribution is -2.50. The fraction of sp³-hybridized carbons (Fsp3) is 0.167. The summed E-state index contributed by atoms with van der Waals surface area (Å²) in [6.45, 7) is 0.512. The van der Waals surface area contributed by atoms with Gasteiger partial charge in [-0.25, -0.2) is 4.79 Å². The number of carbonyl (C=O) groups is 2. The fourth-order valence-electron chi connectivity index (χ4n) is 3.51. The minimum absolute atomic E-state index is 0.170. The lowest BCUT2D eigenvalue weighted by molar-refractivity contribution is -0.121. The van der Waals surface area contributed by atoms with Crippen LogP contribution in [0.1, 0.15) is 16.7 Å². The van der Waals surface area contributed by atoms with E-state index < -0.39 is 12.1 Å². The maximum atomic E-state index is 13.1. The average Bonchev–Trinajstić information content (AvgIpc) is 2.78. The minimum atomic E-state index is -0.637. The van der Waals surface area contributed by atoms with Gasteiger partial charge in [0, 0.05) is 15.7 Å². The minimum Gasteiger partial charge on any atom is -0.445 e. The van der Waals surface area contributed by atoms with Crippen molar-refractivity contribution in [3.8, 4) is 0 Å². The van der Waals surface area contributed by atoms with Gasteiger partial charge in [0.2, 0.25) is 5.91 Å². The summed E-state index contributed by atoms with van der Waals surface area (Å²) in [5.74, 6) is -0.220. The van der Waals surface area contributed by atoms with E-state index in [0.717, 1.165) is 20.3 Å². The Morgan fingerprint density at radius 3 is 2.33 bits per heavy atom. The average molecular weight is 512 g/mol. The predicted molar refractivity (Wildman–Crippen MR) is 124 cm³/mol. The van der Waals surface area contributed by atoms with Gasteiger partial charge in [-0.3, -0.25) is 9.69 Å². The van der Waals surface area contributed by atoms with Gasteiger partial charge in [0.15, 0.2) is 0 Å². The van der Waals surface area contributed by atoms with Gasteiger partial charge >= 0.3 is 6.09 Å². The van der Waals surface area contributed by atoms with Crippen LogP contribution in [0.2, 0.25) is 0 Å². The molecule has 1 heterocycles. The van der Waals surface area contributed by atoms with Crippen molar-refractivity contribution < 1.29 is 14.3 Å². The molecule has 1 N–H and O–H groups in total. The molecule has 1 atom stereocenters. The number of hydrogen-bond acceptors (Lipinski definition) is 3. The molecule has 0 aromatic heterocycles. The number of rotatable bonds is 4. The van der Waals surface area contributed by atoms with Crippen LogP contribution in [0.3, 0.4) is 0 Å². The molecule has 0 bridgehead atoms. The van der Waals surface area contributed by atoms with Crippen molar-refractivity contribution in [1.82, 2.24) is 4.90 Å². The van der Waals surface area contributed by atoms with E-state index in [1.807, 2.05) is 78.9 Å². The number of fused-ring (bicyclic) bond motifs is 1. The number of nitrogens with zero attached hydrogens (tertiary/aromatic N) is 1. The Bertz CT molecular complexity index is 1040. The van der Waals surface area contributed by atoms with Gasteiger partial charge in [0.1, 0.15) is 12.6 Å². The Kier molecular flexibility index (Phi) is 6.32. The number of ether oxygens (including phenoxy) is 1. The van der Waals surface area contributed by atoms with Crippen molar-refractivity contribution in [1.29, 1.82) is 0 Å². The van der Waals surface area contributed by atoms with Gasteiger partial charge in [0.25, 0.3) is 0 Å². The second kappa shape index (κ2) is 9.30. The quantitative estimate of drug-likeness (QED) is 0.501. The number of amides is 2. The molecule has 1 aliphatic heterocycles. The zero-order valence-corrected chi connectivity index (χ0v) is 18.4. The van der Waals surface area contributed by atoms with Gasteiger partial charge < -0.3 is 10.1 Å². The third-order valence-electron chi connectivity index (χ3n) is 5.10. The van der Waals surface area contributed by atoms with E-state index in [2.05, 4.69) is 27.9 Å². The van der Waals surface area contributed by atoms with Crippen LogP contribution in [0, 0.1) is 3.57 Å². The topological polar surface area (TPSA) is 58.6 Å². The van der Waals surface area contributed by atoms with Crippen molar-refractivity contribution in [2.75, 3.05) is 5.32 Å². The van der Waals surface area contributed by atoms with E-state index in [1.54, 1.807) is 0 Å². The van der Waals surface area contributed by atoms with Crippen molar-refractivity contribution in [3.63, 3.8) is 0 Å². The molecule has 0 saturated carbocycles. The highest BCUT2D eigenvalue weighted by molar-refractivity contribution is 14.1. The first-order valence-electron chi connectivity index (χ1n) is 9.71. The lowest BCUT2D eigenvalue weighted by atomic mass is 9.94. The third kappa shape index (κ3) is 4.81. The first kappa shape index (κ1) is 20.4.